The average molecular weight is 488 g/mol. The summed E-state index contributed by atoms with van der Waals surface area (Å²) < 4.78 is 40.6. The molecule has 34 heavy (non-hydrogen) atoms. The van der Waals surface area contributed by atoms with Gasteiger partial charge < -0.3 is 10.3 Å². The minimum absolute atomic E-state index is 0.173. The first kappa shape index (κ1) is 23.3. The van der Waals surface area contributed by atoms with Gasteiger partial charge in [0.15, 0.2) is 0 Å². The highest BCUT2D eigenvalue weighted by molar-refractivity contribution is 6.31. The predicted molar refractivity (Wildman–Crippen MR) is 123 cm³/mol. The number of amides is 1. The molecule has 0 saturated carbocycles. The third-order valence-electron chi connectivity index (χ3n) is 5.43. The molecule has 174 valence electrons. The Kier molecular flexibility index (Phi) is 6.30. The zero-order chi connectivity index (χ0) is 24.5. The largest absolute Gasteiger partial charge is 0.417 e. The van der Waals surface area contributed by atoms with Gasteiger partial charge in [-0.25, -0.2) is 0 Å². The molecule has 0 saturated heterocycles. The Balaban J connectivity index is 1.81. The number of H-pyrrole nitrogens is 1. The van der Waals surface area contributed by atoms with Gasteiger partial charge in [0, 0.05) is 47.3 Å². The normalized spacial score (nSPS) is 12.5. The van der Waals surface area contributed by atoms with Crippen molar-refractivity contribution < 1.29 is 22.9 Å². The standard InChI is InChI=1S/C24H17ClF3N3O3/c25-21-8-6-14(10-20(21)24(26,27)28)17(12-23(32)30-15-4-2-1-3-5-15)19-13-29-22-9-7-16(31(33)34)11-18(19)22/h1-11,13,17,29H,12H2,(H,30,32)/t17-/m1/s1. The summed E-state index contributed by atoms with van der Waals surface area (Å²) in [6.45, 7) is 0. The summed E-state index contributed by atoms with van der Waals surface area (Å²) in [6.07, 6.45) is -3.34. The number of non-ortho nitro benzene ring substituents is 1. The number of nitro benzene ring substituents is 1. The number of fused-ring (bicyclic) bond motifs is 1. The van der Waals surface area contributed by atoms with Crippen molar-refractivity contribution in [3.8, 4) is 0 Å². The third-order valence-corrected chi connectivity index (χ3v) is 5.76. The van der Waals surface area contributed by atoms with Crippen molar-refractivity contribution in [2.45, 2.75) is 18.5 Å². The molecule has 2 N–H and O–H groups in total. The summed E-state index contributed by atoms with van der Waals surface area (Å²) in [6, 6.07) is 16.3. The average Bonchev–Trinajstić information content (AvgIpc) is 3.21. The topological polar surface area (TPSA) is 88.0 Å². The maximum atomic E-state index is 13.5. The highest BCUT2D eigenvalue weighted by Gasteiger charge is 2.34. The van der Waals surface area contributed by atoms with Crippen molar-refractivity contribution in [2.75, 3.05) is 5.32 Å². The van der Waals surface area contributed by atoms with Crippen molar-refractivity contribution in [1.29, 1.82) is 0 Å². The minimum Gasteiger partial charge on any atom is -0.361 e. The van der Waals surface area contributed by atoms with E-state index in [-0.39, 0.29) is 17.7 Å². The van der Waals surface area contributed by atoms with E-state index in [1.165, 1.54) is 24.3 Å². The number of nitro groups is 1. The molecule has 0 aliphatic carbocycles. The fourth-order valence-corrected chi connectivity index (χ4v) is 4.06. The number of nitrogens with one attached hydrogen (secondary N) is 2. The van der Waals surface area contributed by atoms with Crippen LogP contribution in [-0.2, 0) is 11.0 Å². The number of para-hydroxylation sites is 1. The Morgan fingerprint density at radius 3 is 2.50 bits per heavy atom. The number of carbonyl (C=O) groups is 1. The van der Waals surface area contributed by atoms with Gasteiger partial charge in [0.25, 0.3) is 5.69 Å². The van der Waals surface area contributed by atoms with Crippen molar-refractivity contribution in [3.05, 3.63) is 105 Å². The van der Waals surface area contributed by atoms with Crippen LogP contribution in [0.15, 0.2) is 72.9 Å². The molecule has 10 heteroatoms. The van der Waals surface area contributed by atoms with Gasteiger partial charge in [0.1, 0.15) is 0 Å². The van der Waals surface area contributed by atoms with E-state index in [9.17, 15) is 28.1 Å². The number of aromatic amines is 1. The number of anilines is 1. The lowest BCUT2D eigenvalue weighted by molar-refractivity contribution is -0.384. The highest BCUT2D eigenvalue weighted by atomic mass is 35.5. The van der Waals surface area contributed by atoms with Gasteiger partial charge in [-0.3, -0.25) is 14.9 Å². The summed E-state index contributed by atoms with van der Waals surface area (Å²) in [7, 11) is 0. The van der Waals surface area contributed by atoms with Crippen LogP contribution < -0.4 is 5.32 Å². The third kappa shape index (κ3) is 4.89. The van der Waals surface area contributed by atoms with E-state index in [4.69, 9.17) is 11.6 Å². The fourth-order valence-electron chi connectivity index (χ4n) is 3.84. The van der Waals surface area contributed by atoms with Crippen LogP contribution >= 0.6 is 11.6 Å². The van der Waals surface area contributed by atoms with Crippen molar-refractivity contribution in [2.24, 2.45) is 0 Å². The van der Waals surface area contributed by atoms with Gasteiger partial charge in [-0.05, 0) is 41.5 Å². The second-order valence-corrected chi connectivity index (χ2v) is 8.05. The van der Waals surface area contributed by atoms with Gasteiger partial charge in [-0.15, -0.1) is 0 Å². The Bertz CT molecular complexity index is 1370. The van der Waals surface area contributed by atoms with Gasteiger partial charge in [0.2, 0.25) is 5.91 Å². The first-order valence-corrected chi connectivity index (χ1v) is 10.5. The highest BCUT2D eigenvalue weighted by Crippen LogP contribution is 2.40. The summed E-state index contributed by atoms with van der Waals surface area (Å²) in [5.74, 6) is -1.27. The number of hydrogen-bond donors (Lipinski definition) is 2. The summed E-state index contributed by atoms with van der Waals surface area (Å²) in [4.78, 5) is 26.6. The van der Waals surface area contributed by atoms with E-state index in [1.54, 1.807) is 36.5 Å². The second-order valence-electron chi connectivity index (χ2n) is 7.64. The number of nitrogens with zero attached hydrogens (tertiary/aromatic N) is 1. The van der Waals surface area contributed by atoms with Crippen LogP contribution in [0.4, 0.5) is 24.5 Å². The monoisotopic (exact) mass is 487 g/mol. The van der Waals surface area contributed by atoms with Crippen molar-refractivity contribution >= 4 is 39.8 Å². The number of hydrogen-bond acceptors (Lipinski definition) is 3. The Morgan fingerprint density at radius 1 is 1.09 bits per heavy atom. The number of benzene rings is 3. The molecule has 0 aliphatic rings. The molecule has 0 spiro atoms. The zero-order valence-electron chi connectivity index (χ0n) is 17.4. The zero-order valence-corrected chi connectivity index (χ0v) is 18.2. The van der Waals surface area contributed by atoms with Gasteiger partial charge in [0.05, 0.1) is 15.5 Å². The van der Waals surface area contributed by atoms with Gasteiger partial charge >= 0.3 is 6.18 Å². The summed E-state index contributed by atoms with van der Waals surface area (Å²) in [5.41, 5.74) is 0.551. The summed E-state index contributed by atoms with van der Waals surface area (Å²) in [5, 5.41) is 14.0. The predicted octanol–water partition coefficient (Wildman–Crippen LogP) is 6.91. The molecule has 4 rings (SSSR count). The van der Waals surface area contributed by atoms with E-state index >= 15 is 0 Å². The van der Waals surface area contributed by atoms with E-state index in [2.05, 4.69) is 10.3 Å². The first-order valence-electron chi connectivity index (χ1n) is 10.1. The van der Waals surface area contributed by atoms with Crippen LogP contribution in [0, 0.1) is 10.1 Å². The van der Waals surface area contributed by atoms with Gasteiger partial charge in [-0.1, -0.05) is 35.9 Å². The molecule has 3 aromatic carbocycles. The molecule has 0 bridgehead atoms. The maximum absolute atomic E-state index is 13.5. The molecule has 1 amide bonds. The molecular weight excluding hydrogens is 471 g/mol. The van der Waals surface area contributed by atoms with E-state index in [1.807, 2.05) is 0 Å². The molecule has 1 heterocycles. The molecule has 1 atom stereocenters. The van der Waals surface area contributed by atoms with Crippen LogP contribution in [0.25, 0.3) is 10.9 Å². The molecule has 0 fully saturated rings. The molecule has 0 radical (unpaired) electrons. The van der Waals surface area contributed by atoms with E-state index < -0.39 is 33.5 Å². The summed E-state index contributed by atoms with van der Waals surface area (Å²) >= 11 is 5.79. The lowest BCUT2D eigenvalue weighted by Gasteiger charge is -2.19. The van der Waals surface area contributed by atoms with Crippen molar-refractivity contribution in [3.63, 3.8) is 0 Å². The lowest BCUT2D eigenvalue weighted by Crippen LogP contribution is -2.17. The quantitative estimate of drug-likeness (QED) is 0.229. The second kappa shape index (κ2) is 9.18. The fraction of sp³-hybridized carbons (Fsp3) is 0.125. The number of alkyl halides is 3. The number of aromatic nitrogens is 1. The Labute approximate surface area is 196 Å². The SMILES string of the molecule is O=C(C[C@H](c1ccc(Cl)c(C(F)(F)F)c1)c1c[nH]c2ccc([N+](=O)[O-])cc12)Nc1ccccc1. The Hall–Kier alpha value is -3.85. The number of halogens is 4. The van der Waals surface area contributed by atoms with Crippen LogP contribution in [0.5, 0.6) is 0 Å². The van der Waals surface area contributed by atoms with Crippen LogP contribution in [0.3, 0.4) is 0 Å². The number of carbonyl (C=O) groups excluding carboxylic acids is 1. The maximum Gasteiger partial charge on any atom is 0.417 e. The van der Waals surface area contributed by atoms with E-state index in [0.29, 0.717) is 22.2 Å². The lowest BCUT2D eigenvalue weighted by atomic mass is 9.87. The van der Waals surface area contributed by atoms with Crippen LogP contribution in [-0.4, -0.2) is 15.8 Å². The van der Waals surface area contributed by atoms with Crippen LogP contribution in [0.1, 0.15) is 29.0 Å². The number of rotatable bonds is 6. The molecule has 4 aromatic rings. The minimum atomic E-state index is -4.69. The van der Waals surface area contributed by atoms with Crippen molar-refractivity contribution in [1.82, 2.24) is 4.98 Å². The smallest absolute Gasteiger partial charge is 0.361 e. The van der Waals surface area contributed by atoms with E-state index in [0.717, 1.165) is 12.1 Å². The molecule has 6 nitrogen and oxygen atoms in total. The molecule has 1 aromatic heterocycles. The molecule has 0 aliphatic heterocycles. The molecular formula is C24H17ClF3N3O3. The Morgan fingerprint density at radius 2 is 1.82 bits per heavy atom. The molecule has 0 unspecified atom stereocenters. The van der Waals surface area contributed by atoms with Gasteiger partial charge in [-0.2, -0.15) is 13.2 Å². The first-order chi connectivity index (χ1) is 16.1. The van der Waals surface area contributed by atoms with Crippen LogP contribution in [0.2, 0.25) is 5.02 Å².